The molecule has 0 fully saturated rings. The van der Waals surface area contributed by atoms with Crippen molar-refractivity contribution in [3.63, 3.8) is 0 Å². The molecule has 1 aromatic heterocycles. The van der Waals surface area contributed by atoms with Crippen LogP contribution >= 0.6 is 0 Å². The highest BCUT2D eigenvalue weighted by atomic mass is 15.4. The first-order chi connectivity index (χ1) is 9.16. The second-order valence-electron chi connectivity index (χ2n) is 5.38. The van der Waals surface area contributed by atoms with Crippen LogP contribution in [-0.4, -0.2) is 21.0 Å². The monoisotopic (exact) mass is 258 g/mol. The smallest absolute Gasteiger partial charge is 0.0894 e. The zero-order valence-corrected chi connectivity index (χ0v) is 11.9. The predicted octanol–water partition coefficient (Wildman–Crippen LogP) is 3.50. The number of rotatable bonds is 6. The van der Waals surface area contributed by atoms with Crippen molar-refractivity contribution in [2.24, 2.45) is 5.92 Å². The Morgan fingerprint density at radius 1 is 1.16 bits per heavy atom. The Hall–Kier alpha value is -1.84. The standard InChI is InChI=1S/C15H22N4/c1-12(2)8-9-13(3)17-14-6-4-5-7-15(14)19-11-10-16-18-19/h4-7,10-13,17H,8-9H2,1-3H3. The van der Waals surface area contributed by atoms with Crippen LogP contribution in [0.1, 0.15) is 33.6 Å². The van der Waals surface area contributed by atoms with Gasteiger partial charge in [0.1, 0.15) is 0 Å². The van der Waals surface area contributed by atoms with Gasteiger partial charge in [-0.2, -0.15) is 0 Å². The van der Waals surface area contributed by atoms with Gasteiger partial charge >= 0.3 is 0 Å². The minimum Gasteiger partial charge on any atom is -0.381 e. The van der Waals surface area contributed by atoms with E-state index in [4.69, 9.17) is 0 Å². The molecule has 0 radical (unpaired) electrons. The molecule has 0 spiro atoms. The van der Waals surface area contributed by atoms with Gasteiger partial charge in [-0.3, -0.25) is 0 Å². The third-order valence-corrected chi connectivity index (χ3v) is 3.15. The van der Waals surface area contributed by atoms with Gasteiger partial charge in [-0.25, -0.2) is 4.68 Å². The molecule has 0 aliphatic heterocycles. The van der Waals surface area contributed by atoms with Crippen molar-refractivity contribution in [1.29, 1.82) is 0 Å². The normalized spacial score (nSPS) is 12.6. The van der Waals surface area contributed by atoms with Crippen molar-refractivity contribution in [3.05, 3.63) is 36.7 Å². The number of nitrogens with one attached hydrogen (secondary N) is 1. The SMILES string of the molecule is CC(C)CCC(C)Nc1ccccc1-n1ccnn1. The zero-order chi connectivity index (χ0) is 13.7. The van der Waals surface area contributed by atoms with Crippen LogP contribution in [0, 0.1) is 5.92 Å². The van der Waals surface area contributed by atoms with E-state index in [0.717, 1.165) is 17.3 Å². The molecule has 1 unspecified atom stereocenters. The van der Waals surface area contributed by atoms with Gasteiger partial charge in [0.2, 0.25) is 0 Å². The molecule has 0 aliphatic carbocycles. The Kier molecular flexibility index (Phi) is 4.55. The average Bonchev–Trinajstić information content (AvgIpc) is 2.91. The number of benzene rings is 1. The first-order valence-corrected chi connectivity index (χ1v) is 6.89. The van der Waals surface area contributed by atoms with Gasteiger partial charge in [0.25, 0.3) is 0 Å². The Labute approximate surface area is 114 Å². The third kappa shape index (κ3) is 3.81. The summed E-state index contributed by atoms with van der Waals surface area (Å²) in [7, 11) is 0. The van der Waals surface area contributed by atoms with Crippen molar-refractivity contribution >= 4 is 5.69 Å². The molecule has 0 bridgehead atoms. The lowest BCUT2D eigenvalue weighted by atomic mass is 10.0. The zero-order valence-electron chi connectivity index (χ0n) is 11.9. The van der Waals surface area contributed by atoms with Gasteiger partial charge in [-0.05, 0) is 37.8 Å². The van der Waals surface area contributed by atoms with E-state index in [1.807, 2.05) is 24.4 Å². The fourth-order valence-electron chi connectivity index (χ4n) is 2.05. The summed E-state index contributed by atoms with van der Waals surface area (Å²) in [4.78, 5) is 0. The Bertz CT molecular complexity index is 491. The van der Waals surface area contributed by atoms with E-state index in [1.54, 1.807) is 10.9 Å². The van der Waals surface area contributed by atoms with Gasteiger partial charge in [0.05, 0.1) is 23.8 Å². The van der Waals surface area contributed by atoms with Crippen molar-refractivity contribution in [1.82, 2.24) is 15.0 Å². The van der Waals surface area contributed by atoms with E-state index in [9.17, 15) is 0 Å². The van der Waals surface area contributed by atoms with E-state index >= 15 is 0 Å². The fourth-order valence-corrected chi connectivity index (χ4v) is 2.05. The van der Waals surface area contributed by atoms with Crippen LogP contribution in [0.5, 0.6) is 0 Å². The molecule has 1 atom stereocenters. The van der Waals surface area contributed by atoms with Crippen LogP contribution in [0.2, 0.25) is 0 Å². The highest BCUT2D eigenvalue weighted by Gasteiger charge is 2.08. The largest absolute Gasteiger partial charge is 0.381 e. The molecular formula is C15H22N4. The molecule has 1 N–H and O–H groups in total. The van der Waals surface area contributed by atoms with Gasteiger partial charge in [-0.15, -0.1) is 5.10 Å². The van der Waals surface area contributed by atoms with Crippen LogP contribution < -0.4 is 5.32 Å². The number of para-hydroxylation sites is 2. The molecule has 102 valence electrons. The fraction of sp³-hybridized carbons (Fsp3) is 0.467. The number of hydrogen-bond donors (Lipinski definition) is 1. The summed E-state index contributed by atoms with van der Waals surface area (Å²) in [6.07, 6.45) is 5.96. The summed E-state index contributed by atoms with van der Waals surface area (Å²) in [6.45, 7) is 6.74. The van der Waals surface area contributed by atoms with Crippen molar-refractivity contribution < 1.29 is 0 Å². The van der Waals surface area contributed by atoms with E-state index in [0.29, 0.717) is 6.04 Å². The summed E-state index contributed by atoms with van der Waals surface area (Å²) in [5.41, 5.74) is 2.14. The molecule has 1 heterocycles. The molecule has 0 saturated carbocycles. The quantitative estimate of drug-likeness (QED) is 0.862. The van der Waals surface area contributed by atoms with Crippen LogP contribution in [-0.2, 0) is 0 Å². The van der Waals surface area contributed by atoms with Crippen LogP contribution in [0.25, 0.3) is 5.69 Å². The highest BCUT2D eigenvalue weighted by molar-refractivity contribution is 5.60. The second kappa shape index (κ2) is 6.36. The van der Waals surface area contributed by atoms with Crippen LogP contribution in [0.15, 0.2) is 36.7 Å². The second-order valence-corrected chi connectivity index (χ2v) is 5.38. The summed E-state index contributed by atoms with van der Waals surface area (Å²) in [5.74, 6) is 0.745. The van der Waals surface area contributed by atoms with E-state index in [-0.39, 0.29) is 0 Å². The molecule has 4 heteroatoms. The molecular weight excluding hydrogens is 236 g/mol. The summed E-state index contributed by atoms with van der Waals surface area (Å²) in [6, 6.07) is 8.64. The molecule has 2 rings (SSSR count). The van der Waals surface area contributed by atoms with Gasteiger partial charge in [-0.1, -0.05) is 31.2 Å². The maximum atomic E-state index is 4.06. The van der Waals surface area contributed by atoms with Crippen LogP contribution in [0.3, 0.4) is 0 Å². The number of hydrogen-bond acceptors (Lipinski definition) is 3. The molecule has 1 aromatic carbocycles. The van der Waals surface area contributed by atoms with Gasteiger partial charge in [0.15, 0.2) is 0 Å². The molecule has 19 heavy (non-hydrogen) atoms. The summed E-state index contributed by atoms with van der Waals surface area (Å²) < 4.78 is 1.79. The maximum absolute atomic E-state index is 4.06. The molecule has 0 amide bonds. The lowest BCUT2D eigenvalue weighted by Gasteiger charge is -2.18. The predicted molar refractivity (Wildman–Crippen MR) is 78.5 cm³/mol. The van der Waals surface area contributed by atoms with Crippen molar-refractivity contribution in [2.45, 2.75) is 39.7 Å². The molecule has 2 aromatic rings. The van der Waals surface area contributed by atoms with Crippen LogP contribution in [0.4, 0.5) is 5.69 Å². The first-order valence-electron chi connectivity index (χ1n) is 6.89. The highest BCUT2D eigenvalue weighted by Crippen LogP contribution is 2.21. The third-order valence-electron chi connectivity index (χ3n) is 3.15. The number of anilines is 1. The topological polar surface area (TPSA) is 42.7 Å². The minimum absolute atomic E-state index is 0.451. The average molecular weight is 258 g/mol. The minimum atomic E-state index is 0.451. The summed E-state index contributed by atoms with van der Waals surface area (Å²) in [5, 5.41) is 11.5. The Balaban J connectivity index is 2.08. The molecule has 0 saturated heterocycles. The summed E-state index contributed by atoms with van der Waals surface area (Å²) >= 11 is 0. The van der Waals surface area contributed by atoms with Crippen molar-refractivity contribution in [2.75, 3.05) is 5.32 Å². The first kappa shape index (κ1) is 13.6. The van der Waals surface area contributed by atoms with E-state index < -0.39 is 0 Å². The Morgan fingerprint density at radius 2 is 1.95 bits per heavy atom. The lowest BCUT2D eigenvalue weighted by molar-refractivity contribution is 0.527. The van der Waals surface area contributed by atoms with Gasteiger partial charge < -0.3 is 5.32 Å². The lowest BCUT2D eigenvalue weighted by Crippen LogP contribution is -2.17. The molecule has 4 nitrogen and oxygen atoms in total. The number of aromatic nitrogens is 3. The maximum Gasteiger partial charge on any atom is 0.0894 e. The Morgan fingerprint density at radius 3 is 2.63 bits per heavy atom. The van der Waals surface area contributed by atoms with E-state index in [1.165, 1.54) is 12.8 Å². The number of nitrogens with zero attached hydrogens (tertiary/aromatic N) is 3. The molecule has 0 aliphatic rings. The van der Waals surface area contributed by atoms with Gasteiger partial charge in [0, 0.05) is 6.04 Å². The van der Waals surface area contributed by atoms with Crippen molar-refractivity contribution in [3.8, 4) is 5.69 Å². The van der Waals surface area contributed by atoms with E-state index in [2.05, 4.69) is 42.5 Å².